The molecule has 2 aromatic rings. The Hall–Kier alpha value is -3.60. The van der Waals surface area contributed by atoms with Crippen molar-refractivity contribution in [3.05, 3.63) is 53.6 Å². The summed E-state index contributed by atoms with van der Waals surface area (Å²) in [6.07, 6.45) is -0.878. The number of phenolic OH excluding ortho intramolecular Hbond substituents is 1. The number of unbranched alkanes of at least 4 members (excludes halogenated alkanes) is 2. The molecular formula is C31H41F3N2O6. The lowest BCUT2D eigenvalue weighted by Crippen LogP contribution is -2.39. The standard InChI is InChI=1S/C29H40N2O5.C2HF3O/c1-29(2,3)21-31(26(34)16-19-35-18-15-22-10-6-4-7-11-22)17-9-5-8-12-23-13-14-24(32)27-28(23)36-20-25(33)30-27;3-2(4,5)1-6/h4,6-7,10-11,13-14,32H,5,8-9,12,15-21H2,1-3H3,(H,30,33);1H. The Labute approximate surface area is 245 Å². The molecule has 3 rings (SSSR count). The van der Waals surface area contributed by atoms with Gasteiger partial charge in [0.25, 0.3) is 5.91 Å². The lowest BCUT2D eigenvalue weighted by molar-refractivity contribution is -0.156. The molecule has 2 aromatic carbocycles. The molecule has 42 heavy (non-hydrogen) atoms. The molecule has 0 saturated heterocycles. The van der Waals surface area contributed by atoms with Crippen molar-refractivity contribution in [1.82, 2.24) is 4.90 Å². The van der Waals surface area contributed by atoms with Crippen molar-refractivity contribution in [3.63, 3.8) is 0 Å². The van der Waals surface area contributed by atoms with E-state index in [-0.39, 0.29) is 29.6 Å². The molecule has 2 amide bonds. The van der Waals surface area contributed by atoms with Crippen LogP contribution in [-0.4, -0.2) is 67.2 Å². The van der Waals surface area contributed by atoms with Crippen LogP contribution in [0.5, 0.6) is 11.5 Å². The number of anilines is 1. The Kier molecular flexibility index (Phi) is 13.8. The van der Waals surface area contributed by atoms with E-state index in [1.165, 1.54) is 5.56 Å². The molecule has 0 unspecified atom stereocenters. The van der Waals surface area contributed by atoms with Crippen LogP contribution in [-0.2, 0) is 32.0 Å². The molecule has 1 aliphatic rings. The second-order valence-electron chi connectivity index (χ2n) is 11.2. The number of aldehydes is 1. The molecule has 0 atom stereocenters. The number of carbonyl (C=O) groups is 3. The fourth-order valence-corrected chi connectivity index (χ4v) is 4.32. The van der Waals surface area contributed by atoms with Crippen LogP contribution in [0, 0.1) is 5.41 Å². The number of hydrogen-bond donors (Lipinski definition) is 2. The molecule has 0 fully saturated rings. The van der Waals surface area contributed by atoms with Crippen molar-refractivity contribution >= 4 is 23.8 Å². The first-order chi connectivity index (χ1) is 19.8. The minimum Gasteiger partial charge on any atom is -0.506 e. The van der Waals surface area contributed by atoms with Gasteiger partial charge in [-0.25, -0.2) is 0 Å². The number of aromatic hydroxyl groups is 1. The lowest BCUT2D eigenvalue weighted by atomic mass is 9.95. The molecule has 0 spiro atoms. The maximum Gasteiger partial charge on any atom is 0.446 e. The molecular weight excluding hydrogens is 553 g/mol. The number of amides is 2. The minimum atomic E-state index is -4.64. The van der Waals surface area contributed by atoms with E-state index >= 15 is 0 Å². The van der Waals surface area contributed by atoms with Gasteiger partial charge in [0.15, 0.2) is 12.4 Å². The lowest BCUT2D eigenvalue weighted by Gasteiger charge is -2.30. The number of halogens is 3. The third-order valence-electron chi connectivity index (χ3n) is 6.19. The molecule has 0 bridgehead atoms. The van der Waals surface area contributed by atoms with Gasteiger partial charge in [-0.2, -0.15) is 13.2 Å². The molecule has 1 aliphatic heterocycles. The summed E-state index contributed by atoms with van der Waals surface area (Å²) >= 11 is 0. The van der Waals surface area contributed by atoms with Crippen LogP contribution < -0.4 is 10.1 Å². The van der Waals surface area contributed by atoms with E-state index < -0.39 is 12.5 Å². The molecule has 1 heterocycles. The summed E-state index contributed by atoms with van der Waals surface area (Å²) in [6.45, 7) is 8.90. The molecule has 8 nitrogen and oxygen atoms in total. The topological polar surface area (TPSA) is 105 Å². The molecule has 232 valence electrons. The third-order valence-corrected chi connectivity index (χ3v) is 6.19. The van der Waals surface area contributed by atoms with Crippen molar-refractivity contribution in [2.75, 3.05) is 38.2 Å². The Morgan fingerprint density at radius 1 is 1.05 bits per heavy atom. The normalized spacial score (nSPS) is 12.8. The van der Waals surface area contributed by atoms with Gasteiger partial charge in [0.05, 0.1) is 19.6 Å². The van der Waals surface area contributed by atoms with E-state index in [1.54, 1.807) is 6.07 Å². The van der Waals surface area contributed by atoms with Gasteiger partial charge in [-0.3, -0.25) is 14.4 Å². The maximum absolute atomic E-state index is 12.9. The van der Waals surface area contributed by atoms with Crippen molar-refractivity contribution in [3.8, 4) is 11.5 Å². The second-order valence-corrected chi connectivity index (χ2v) is 11.2. The number of fused-ring (bicyclic) bond motifs is 1. The molecule has 0 aromatic heterocycles. The first-order valence-electron chi connectivity index (χ1n) is 14.0. The number of nitrogens with zero attached hydrogens (tertiary/aromatic N) is 1. The average molecular weight is 595 g/mol. The van der Waals surface area contributed by atoms with E-state index in [0.29, 0.717) is 31.1 Å². The molecule has 0 aliphatic carbocycles. The van der Waals surface area contributed by atoms with Crippen molar-refractivity contribution < 1.29 is 42.1 Å². The van der Waals surface area contributed by atoms with Crippen molar-refractivity contribution in [2.24, 2.45) is 5.41 Å². The zero-order chi connectivity index (χ0) is 31.2. The zero-order valence-corrected chi connectivity index (χ0v) is 24.5. The Balaban J connectivity index is 0.000000928. The summed E-state index contributed by atoms with van der Waals surface area (Å²) < 4.78 is 42.6. The minimum absolute atomic E-state index is 0.0159. The van der Waals surface area contributed by atoms with Gasteiger partial charge in [0, 0.05) is 13.1 Å². The predicted molar refractivity (Wildman–Crippen MR) is 154 cm³/mol. The van der Waals surface area contributed by atoms with Crippen LogP contribution in [0.25, 0.3) is 0 Å². The van der Waals surface area contributed by atoms with E-state index in [2.05, 4.69) is 38.2 Å². The highest BCUT2D eigenvalue weighted by Gasteiger charge is 2.25. The van der Waals surface area contributed by atoms with Crippen molar-refractivity contribution in [2.45, 2.75) is 65.5 Å². The number of rotatable bonds is 13. The van der Waals surface area contributed by atoms with Gasteiger partial charge in [-0.1, -0.05) is 63.6 Å². The first kappa shape index (κ1) is 34.6. The summed E-state index contributed by atoms with van der Waals surface area (Å²) in [5, 5.41) is 12.7. The van der Waals surface area contributed by atoms with Crippen LogP contribution in [0.3, 0.4) is 0 Å². The number of carbonyl (C=O) groups excluding carboxylic acids is 3. The highest BCUT2D eigenvalue weighted by molar-refractivity contribution is 5.97. The molecule has 0 saturated carbocycles. The summed E-state index contributed by atoms with van der Waals surface area (Å²) in [6, 6.07) is 13.7. The quantitative estimate of drug-likeness (QED) is 0.175. The fourth-order valence-electron chi connectivity index (χ4n) is 4.32. The first-order valence-corrected chi connectivity index (χ1v) is 14.0. The fraction of sp³-hybridized carbons (Fsp3) is 0.516. The Morgan fingerprint density at radius 2 is 1.74 bits per heavy atom. The average Bonchev–Trinajstić information content (AvgIpc) is 2.93. The van der Waals surface area contributed by atoms with Gasteiger partial charge in [0.2, 0.25) is 12.2 Å². The third kappa shape index (κ3) is 13.4. The van der Waals surface area contributed by atoms with Gasteiger partial charge in [0.1, 0.15) is 11.4 Å². The number of alkyl halides is 3. The summed E-state index contributed by atoms with van der Waals surface area (Å²) in [5.74, 6) is 0.454. The summed E-state index contributed by atoms with van der Waals surface area (Å²) in [4.78, 5) is 35.2. The van der Waals surface area contributed by atoms with Crippen LogP contribution in [0.2, 0.25) is 0 Å². The van der Waals surface area contributed by atoms with Crippen LogP contribution >= 0.6 is 0 Å². The van der Waals surface area contributed by atoms with Gasteiger partial charge in [-0.15, -0.1) is 0 Å². The number of nitrogens with one attached hydrogen (secondary N) is 1. The van der Waals surface area contributed by atoms with Crippen LogP contribution in [0.4, 0.5) is 18.9 Å². The number of benzene rings is 2. The van der Waals surface area contributed by atoms with Crippen LogP contribution in [0.1, 0.15) is 57.6 Å². The SMILES string of the molecule is CC(C)(C)CN(CCCCCc1ccc(O)c2c1OCC(=O)N2)C(=O)CCOCCc1ccccc1.O=CC(F)(F)F. The Bertz CT molecular complexity index is 1150. The summed E-state index contributed by atoms with van der Waals surface area (Å²) in [7, 11) is 0. The van der Waals surface area contributed by atoms with E-state index in [1.807, 2.05) is 29.2 Å². The molecule has 11 heteroatoms. The number of ether oxygens (including phenoxy) is 2. The van der Waals surface area contributed by atoms with Crippen LogP contribution in [0.15, 0.2) is 42.5 Å². The van der Waals surface area contributed by atoms with Gasteiger partial charge in [-0.05, 0) is 48.3 Å². The highest BCUT2D eigenvalue weighted by Crippen LogP contribution is 2.39. The zero-order valence-electron chi connectivity index (χ0n) is 24.5. The Morgan fingerprint density at radius 3 is 2.38 bits per heavy atom. The molecule has 2 N–H and O–H groups in total. The number of aryl methyl sites for hydroxylation is 1. The highest BCUT2D eigenvalue weighted by atomic mass is 19.4. The number of phenols is 1. The van der Waals surface area contributed by atoms with Gasteiger partial charge < -0.3 is 24.8 Å². The maximum atomic E-state index is 12.9. The van der Waals surface area contributed by atoms with E-state index in [0.717, 1.165) is 50.8 Å². The number of hydrogen-bond acceptors (Lipinski definition) is 6. The smallest absolute Gasteiger partial charge is 0.446 e. The van der Waals surface area contributed by atoms with Crippen molar-refractivity contribution in [1.29, 1.82) is 0 Å². The molecule has 0 radical (unpaired) electrons. The predicted octanol–water partition coefficient (Wildman–Crippen LogP) is 5.71. The largest absolute Gasteiger partial charge is 0.506 e. The monoisotopic (exact) mass is 594 g/mol. The van der Waals surface area contributed by atoms with E-state index in [9.17, 15) is 27.9 Å². The van der Waals surface area contributed by atoms with E-state index in [4.69, 9.17) is 14.3 Å². The summed E-state index contributed by atoms with van der Waals surface area (Å²) in [5.41, 5.74) is 2.59. The second kappa shape index (κ2) is 16.7. The van der Waals surface area contributed by atoms with Gasteiger partial charge >= 0.3 is 6.18 Å².